The average Bonchev–Trinajstić information content (AvgIpc) is 3.20. The van der Waals surface area contributed by atoms with Gasteiger partial charge in [0.1, 0.15) is 15.6 Å². The highest BCUT2D eigenvalue weighted by Gasteiger charge is 2.37. The van der Waals surface area contributed by atoms with E-state index in [1.165, 1.54) is 16.8 Å². The molecule has 0 saturated heterocycles. The van der Waals surface area contributed by atoms with Gasteiger partial charge in [0.15, 0.2) is 5.69 Å². The van der Waals surface area contributed by atoms with Gasteiger partial charge in [-0.1, -0.05) is 17.7 Å². The second-order valence-electron chi connectivity index (χ2n) is 10.1. The van der Waals surface area contributed by atoms with E-state index in [4.69, 9.17) is 11.6 Å². The second-order valence-corrected chi connectivity index (χ2v) is 12.8. The molecule has 1 aliphatic rings. The van der Waals surface area contributed by atoms with Crippen molar-refractivity contribution < 1.29 is 50.1 Å². The van der Waals surface area contributed by atoms with Crippen molar-refractivity contribution >= 4 is 27.3 Å². The lowest BCUT2D eigenvalue weighted by Gasteiger charge is -2.35. The first-order chi connectivity index (χ1) is 18.9. The molecule has 1 unspecified atom stereocenters. The SMILES string of the molecule is CCn1nc(C(=O)NC[C@]2(O)CC[C@@H](S(C)(=O)=O)CC2)c(Cl)c1-c1ccc(C(O)CCC(F)(F)F)cc1OC(F)F. The standard InChI is InChI=1S/C25H31ClF5N3O6S/c1-3-34-21(16-5-4-14(12-18(16)40-23(27)28)17(35)8-11-25(29,30)31)19(26)20(33-34)22(36)32-13-24(37)9-6-15(7-10-24)41(2,38)39/h4-5,12,15,17,23,35,37H,3,6-11,13H2,1-2H3,(H,32,36)/t15-,17?,24+. The fourth-order valence-electron chi connectivity index (χ4n) is 4.74. The Kier molecular flexibility index (Phi) is 10.3. The molecule has 1 aliphatic carbocycles. The predicted molar refractivity (Wildman–Crippen MR) is 140 cm³/mol. The second kappa shape index (κ2) is 12.8. The molecular formula is C25H31ClF5N3O6S. The number of halogens is 6. The van der Waals surface area contributed by atoms with Gasteiger partial charge in [-0.3, -0.25) is 9.48 Å². The summed E-state index contributed by atoms with van der Waals surface area (Å²) in [6.45, 7) is -1.77. The zero-order chi connectivity index (χ0) is 30.8. The summed E-state index contributed by atoms with van der Waals surface area (Å²) in [5, 5.41) is 26.9. The Morgan fingerprint density at radius 3 is 2.46 bits per heavy atom. The molecule has 1 aromatic carbocycles. The molecule has 0 radical (unpaired) electrons. The maximum Gasteiger partial charge on any atom is 0.389 e. The van der Waals surface area contributed by atoms with E-state index in [9.17, 15) is 45.4 Å². The van der Waals surface area contributed by atoms with E-state index < -0.39 is 64.1 Å². The Labute approximate surface area is 238 Å². The molecule has 1 saturated carbocycles. The number of aliphatic hydroxyl groups is 2. The summed E-state index contributed by atoms with van der Waals surface area (Å²) >= 11 is 6.48. The zero-order valence-corrected chi connectivity index (χ0v) is 23.8. The molecule has 1 heterocycles. The van der Waals surface area contributed by atoms with Crippen LogP contribution in [-0.2, 0) is 16.4 Å². The van der Waals surface area contributed by atoms with Gasteiger partial charge in [-0.05, 0) is 56.7 Å². The number of amides is 1. The Morgan fingerprint density at radius 2 is 1.93 bits per heavy atom. The molecular weight excluding hydrogens is 601 g/mol. The van der Waals surface area contributed by atoms with Crippen molar-refractivity contribution in [1.29, 1.82) is 0 Å². The number of carbonyl (C=O) groups is 1. The lowest BCUT2D eigenvalue weighted by molar-refractivity contribution is -0.140. The van der Waals surface area contributed by atoms with Crippen LogP contribution in [-0.4, -0.2) is 70.8 Å². The lowest BCUT2D eigenvalue weighted by Crippen LogP contribution is -2.47. The number of ether oxygens (including phenoxy) is 1. The smallest absolute Gasteiger partial charge is 0.389 e. The van der Waals surface area contributed by atoms with Crippen LogP contribution < -0.4 is 10.1 Å². The predicted octanol–water partition coefficient (Wildman–Crippen LogP) is 4.65. The molecule has 230 valence electrons. The largest absolute Gasteiger partial charge is 0.434 e. The molecule has 3 N–H and O–H groups in total. The molecule has 0 aliphatic heterocycles. The van der Waals surface area contributed by atoms with Crippen LogP contribution in [0.2, 0.25) is 5.02 Å². The minimum atomic E-state index is -4.52. The van der Waals surface area contributed by atoms with Gasteiger partial charge in [-0.15, -0.1) is 0 Å². The van der Waals surface area contributed by atoms with E-state index in [0.29, 0.717) is 0 Å². The third-order valence-corrected chi connectivity index (χ3v) is 9.06. The molecule has 0 bridgehead atoms. The van der Waals surface area contributed by atoms with E-state index in [1.54, 1.807) is 6.92 Å². The first-order valence-electron chi connectivity index (χ1n) is 12.7. The quantitative estimate of drug-likeness (QED) is 0.308. The Hall–Kier alpha value is -2.49. The number of aryl methyl sites for hydroxylation is 1. The van der Waals surface area contributed by atoms with Crippen molar-refractivity contribution in [1.82, 2.24) is 15.1 Å². The Morgan fingerprint density at radius 1 is 1.29 bits per heavy atom. The fourth-order valence-corrected chi connectivity index (χ4v) is 6.15. The van der Waals surface area contributed by atoms with Gasteiger partial charge >= 0.3 is 12.8 Å². The van der Waals surface area contributed by atoms with Crippen LogP contribution in [0.4, 0.5) is 22.0 Å². The molecule has 1 atom stereocenters. The van der Waals surface area contributed by atoms with E-state index in [0.717, 1.165) is 12.3 Å². The van der Waals surface area contributed by atoms with Crippen LogP contribution in [0.1, 0.15) is 67.6 Å². The van der Waals surface area contributed by atoms with Crippen molar-refractivity contribution in [3.05, 3.63) is 34.5 Å². The minimum Gasteiger partial charge on any atom is -0.434 e. The van der Waals surface area contributed by atoms with Gasteiger partial charge in [0.2, 0.25) is 0 Å². The molecule has 1 fully saturated rings. The summed E-state index contributed by atoms with van der Waals surface area (Å²) in [7, 11) is -3.26. The molecule has 16 heteroatoms. The number of hydrogen-bond acceptors (Lipinski definition) is 7. The van der Waals surface area contributed by atoms with Crippen LogP contribution in [0.3, 0.4) is 0 Å². The average molecular weight is 632 g/mol. The number of nitrogens with one attached hydrogen (secondary N) is 1. The molecule has 1 amide bonds. The fraction of sp³-hybridized carbons (Fsp3) is 0.600. The highest BCUT2D eigenvalue weighted by atomic mass is 35.5. The van der Waals surface area contributed by atoms with Crippen molar-refractivity contribution in [2.45, 2.75) is 81.7 Å². The number of nitrogens with zero attached hydrogens (tertiary/aromatic N) is 2. The van der Waals surface area contributed by atoms with Crippen molar-refractivity contribution in [3.8, 4) is 17.0 Å². The number of carbonyl (C=O) groups excluding carboxylic acids is 1. The molecule has 1 aromatic heterocycles. The highest BCUT2D eigenvalue weighted by Crippen LogP contribution is 2.40. The number of sulfone groups is 1. The normalized spacial score (nSPS) is 20.7. The summed E-state index contributed by atoms with van der Waals surface area (Å²) in [6.07, 6.45) is -6.25. The first-order valence-corrected chi connectivity index (χ1v) is 15.1. The summed E-state index contributed by atoms with van der Waals surface area (Å²) < 4.78 is 93.7. The van der Waals surface area contributed by atoms with E-state index in [1.807, 2.05) is 0 Å². The van der Waals surface area contributed by atoms with Gasteiger partial charge < -0.3 is 20.3 Å². The third-order valence-electron chi connectivity index (χ3n) is 7.02. The van der Waals surface area contributed by atoms with Crippen LogP contribution in [0.25, 0.3) is 11.3 Å². The molecule has 2 aromatic rings. The molecule has 41 heavy (non-hydrogen) atoms. The van der Waals surface area contributed by atoms with Crippen molar-refractivity contribution in [3.63, 3.8) is 0 Å². The van der Waals surface area contributed by atoms with Crippen LogP contribution in [0.15, 0.2) is 18.2 Å². The Bertz CT molecular complexity index is 1340. The number of rotatable bonds is 11. The van der Waals surface area contributed by atoms with Gasteiger partial charge in [-0.25, -0.2) is 8.42 Å². The van der Waals surface area contributed by atoms with E-state index in [2.05, 4.69) is 15.2 Å². The van der Waals surface area contributed by atoms with Crippen molar-refractivity contribution in [2.75, 3.05) is 12.8 Å². The number of alkyl halides is 5. The topological polar surface area (TPSA) is 131 Å². The van der Waals surface area contributed by atoms with Crippen LogP contribution in [0, 0.1) is 0 Å². The highest BCUT2D eigenvalue weighted by molar-refractivity contribution is 7.91. The van der Waals surface area contributed by atoms with E-state index >= 15 is 0 Å². The number of benzene rings is 1. The maximum atomic E-state index is 13.3. The zero-order valence-electron chi connectivity index (χ0n) is 22.2. The third kappa shape index (κ3) is 8.52. The molecule has 0 spiro atoms. The first kappa shape index (κ1) is 33.0. The van der Waals surface area contributed by atoms with Crippen LogP contribution >= 0.6 is 11.6 Å². The monoisotopic (exact) mass is 631 g/mol. The van der Waals surface area contributed by atoms with Crippen LogP contribution in [0.5, 0.6) is 5.75 Å². The maximum absolute atomic E-state index is 13.3. The number of hydrogen-bond donors (Lipinski definition) is 3. The number of aliphatic hydroxyl groups excluding tert-OH is 1. The van der Waals surface area contributed by atoms with E-state index in [-0.39, 0.29) is 66.3 Å². The lowest BCUT2D eigenvalue weighted by atomic mass is 9.84. The van der Waals surface area contributed by atoms with Crippen molar-refractivity contribution in [2.24, 2.45) is 0 Å². The number of aromatic nitrogens is 2. The van der Waals surface area contributed by atoms with Gasteiger partial charge in [0, 0.05) is 31.3 Å². The Balaban J connectivity index is 1.85. The molecule has 9 nitrogen and oxygen atoms in total. The molecule has 3 rings (SSSR count). The summed E-state index contributed by atoms with van der Waals surface area (Å²) in [5.74, 6) is -1.28. The van der Waals surface area contributed by atoms with Gasteiger partial charge in [0.25, 0.3) is 5.91 Å². The minimum absolute atomic E-state index is 0.0127. The summed E-state index contributed by atoms with van der Waals surface area (Å²) in [4.78, 5) is 13.0. The summed E-state index contributed by atoms with van der Waals surface area (Å²) in [5.41, 5.74) is -1.76. The summed E-state index contributed by atoms with van der Waals surface area (Å²) in [6, 6.07) is 3.44. The van der Waals surface area contributed by atoms with Gasteiger partial charge in [0.05, 0.1) is 27.7 Å². The van der Waals surface area contributed by atoms with Gasteiger partial charge in [-0.2, -0.15) is 27.1 Å².